The van der Waals surface area contributed by atoms with Crippen LogP contribution in [-0.4, -0.2) is 24.5 Å². The van der Waals surface area contributed by atoms with Crippen LogP contribution in [0.25, 0.3) is 0 Å². The third kappa shape index (κ3) is 8.29. The van der Waals surface area contributed by atoms with Crippen LogP contribution in [0.2, 0.25) is 0 Å². The van der Waals surface area contributed by atoms with Crippen molar-refractivity contribution >= 4 is 0 Å². The lowest BCUT2D eigenvalue weighted by Gasteiger charge is -2.17. The fourth-order valence-corrected chi connectivity index (χ4v) is 1.60. The minimum absolute atomic E-state index is 0.883. The third-order valence-electron chi connectivity index (χ3n) is 2.65. The largest absolute Gasteiger partial charge is 0.304 e. The summed E-state index contributed by atoms with van der Waals surface area (Å²) in [5, 5.41) is 0. The summed E-state index contributed by atoms with van der Waals surface area (Å²) < 4.78 is 0. The predicted molar refractivity (Wildman–Crippen MR) is 61.1 cm³/mol. The summed E-state index contributed by atoms with van der Waals surface area (Å²) in [6, 6.07) is 0. The van der Waals surface area contributed by atoms with Crippen molar-refractivity contribution in [2.24, 2.45) is 5.92 Å². The molecule has 0 aromatic rings. The quantitative estimate of drug-likeness (QED) is 0.523. The van der Waals surface area contributed by atoms with E-state index in [0.29, 0.717) is 0 Å². The van der Waals surface area contributed by atoms with E-state index in [2.05, 4.69) is 32.6 Å². The van der Waals surface area contributed by atoms with Gasteiger partial charge in [0.05, 0.1) is 0 Å². The number of rotatable bonds is 8. The standard InChI is InChI=1S/C12H27N/c1-5-13(6-2)11-9-7-8-10-12(3)4/h12H,5-11H2,1-4H3. The normalized spacial score (nSPS) is 11.5. The van der Waals surface area contributed by atoms with E-state index in [9.17, 15) is 0 Å². The highest BCUT2D eigenvalue weighted by Gasteiger charge is 1.98. The molecule has 0 aliphatic rings. The third-order valence-corrected chi connectivity index (χ3v) is 2.65. The van der Waals surface area contributed by atoms with Gasteiger partial charge in [-0.2, -0.15) is 0 Å². The van der Waals surface area contributed by atoms with Gasteiger partial charge in [0.25, 0.3) is 0 Å². The minimum Gasteiger partial charge on any atom is -0.304 e. The molecule has 0 unspecified atom stereocenters. The maximum absolute atomic E-state index is 2.51. The van der Waals surface area contributed by atoms with E-state index in [0.717, 1.165) is 5.92 Å². The molecule has 0 radical (unpaired) electrons. The van der Waals surface area contributed by atoms with Gasteiger partial charge in [-0.3, -0.25) is 0 Å². The van der Waals surface area contributed by atoms with Crippen LogP contribution in [0, 0.1) is 5.92 Å². The molecule has 0 N–H and O–H groups in total. The Hall–Kier alpha value is -0.0400. The molecule has 80 valence electrons. The van der Waals surface area contributed by atoms with Crippen molar-refractivity contribution in [3.05, 3.63) is 0 Å². The minimum atomic E-state index is 0.883. The van der Waals surface area contributed by atoms with Gasteiger partial charge >= 0.3 is 0 Å². The Labute approximate surface area is 84.5 Å². The monoisotopic (exact) mass is 185 g/mol. The molecule has 0 spiro atoms. The highest BCUT2D eigenvalue weighted by Crippen LogP contribution is 2.08. The summed E-state index contributed by atoms with van der Waals surface area (Å²) in [7, 11) is 0. The lowest BCUT2D eigenvalue weighted by atomic mass is 10.1. The van der Waals surface area contributed by atoms with E-state index < -0.39 is 0 Å². The molecular formula is C12H27N. The maximum atomic E-state index is 2.51. The first-order chi connectivity index (χ1) is 6.20. The van der Waals surface area contributed by atoms with Crippen molar-refractivity contribution in [3.63, 3.8) is 0 Å². The Balaban J connectivity index is 3.14. The van der Waals surface area contributed by atoms with Gasteiger partial charge in [0, 0.05) is 0 Å². The second-order valence-electron chi connectivity index (χ2n) is 4.27. The fraction of sp³-hybridized carbons (Fsp3) is 1.00. The summed E-state index contributed by atoms with van der Waals surface area (Å²) in [6.45, 7) is 12.8. The molecule has 0 aromatic carbocycles. The number of unbranched alkanes of at least 4 members (excludes halogenated alkanes) is 2. The molecule has 0 aliphatic heterocycles. The predicted octanol–water partition coefficient (Wildman–Crippen LogP) is 3.54. The van der Waals surface area contributed by atoms with Crippen LogP contribution >= 0.6 is 0 Å². The molecule has 0 fully saturated rings. The van der Waals surface area contributed by atoms with Crippen molar-refractivity contribution in [2.45, 2.75) is 53.4 Å². The van der Waals surface area contributed by atoms with Crippen LogP contribution in [0.3, 0.4) is 0 Å². The van der Waals surface area contributed by atoms with Gasteiger partial charge in [-0.1, -0.05) is 47.0 Å². The van der Waals surface area contributed by atoms with E-state index in [1.54, 1.807) is 0 Å². The molecule has 13 heavy (non-hydrogen) atoms. The van der Waals surface area contributed by atoms with Gasteiger partial charge in [-0.05, 0) is 32.0 Å². The van der Waals surface area contributed by atoms with Crippen molar-refractivity contribution in [1.82, 2.24) is 4.90 Å². The Morgan fingerprint density at radius 1 is 0.923 bits per heavy atom. The molecular weight excluding hydrogens is 158 g/mol. The first-order valence-corrected chi connectivity index (χ1v) is 5.93. The van der Waals surface area contributed by atoms with Crippen LogP contribution in [-0.2, 0) is 0 Å². The Morgan fingerprint density at radius 3 is 2.00 bits per heavy atom. The molecule has 0 rings (SSSR count). The van der Waals surface area contributed by atoms with Crippen molar-refractivity contribution < 1.29 is 0 Å². The Kier molecular flexibility index (Phi) is 8.53. The molecule has 0 bridgehead atoms. The van der Waals surface area contributed by atoms with Crippen LogP contribution in [0.15, 0.2) is 0 Å². The maximum Gasteiger partial charge on any atom is -0.00190 e. The molecule has 0 saturated heterocycles. The molecule has 0 atom stereocenters. The molecule has 0 aromatic heterocycles. The zero-order chi connectivity index (χ0) is 10.1. The van der Waals surface area contributed by atoms with E-state index in [4.69, 9.17) is 0 Å². The summed E-state index contributed by atoms with van der Waals surface area (Å²) in [5.74, 6) is 0.883. The topological polar surface area (TPSA) is 3.24 Å². The number of nitrogens with zero attached hydrogens (tertiary/aromatic N) is 1. The van der Waals surface area contributed by atoms with E-state index in [1.165, 1.54) is 45.3 Å². The lowest BCUT2D eigenvalue weighted by molar-refractivity contribution is 0.294. The molecule has 1 nitrogen and oxygen atoms in total. The molecule has 0 heterocycles. The summed E-state index contributed by atoms with van der Waals surface area (Å²) in [5.41, 5.74) is 0. The van der Waals surface area contributed by atoms with Crippen molar-refractivity contribution in [2.75, 3.05) is 19.6 Å². The van der Waals surface area contributed by atoms with Gasteiger partial charge in [-0.25, -0.2) is 0 Å². The summed E-state index contributed by atoms with van der Waals surface area (Å²) in [4.78, 5) is 2.51. The van der Waals surface area contributed by atoms with Crippen LogP contribution in [0.5, 0.6) is 0 Å². The average molecular weight is 185 g/mol. The first kappa shape index (κ1) is 13.0. The molecule has 0 aliphatic carbocycles. The van der Waals surface area contributed by atoms with Gasteiger partial charge in [0.1, 0.15) is 0 Å². The van der Waals surface area contributed by atoms with Gasteiger partial charge in [-0.15, -0.1) is 0 Å². The summed E-state index contributed by atoms with van der Waals surface area (Å²) in [6.07, 6.45) is 5.61. The summed E-state index contributed by atoms with van der Waals surface area (Å²) >= 11 is 0. The molecule has 1 heteroatoms. The first-order valence-electron chi connectivity index (χ1n) is 5.93. The van der Waals surface area contributed by atoms with Crippen LogP contribution < -0.4 is 0 Å². The van der Waals surface area contributed by atoms with Crippen molar-refractivity contribution in [3.8, 4) is 0 Å². The Morgan fingerprint density at radius 2 is 1.54 bits per heavy atom. The fourth-order valence-electron chi connectivity index (χ4n) is 1.60. The molecule has 0 amide bonds. The van der Waals surface area contributed by atoms with Crippen molar-refractivity contribution in [1.29, 1.82) is 0 Å². The molecule has 0 saturated carbocycles. The number of hydrogen-bond donors (Lipinski definition) is 0. The van der Waals surface area contributed by atoms with Gasteiger partial charge in [0.15, 0.2) is 0 Å². The highest BCUT2D eigenvalue weighted by molar-refractivity contribution is 4.53. The smallest absolute Gasteiger partial charge is 0.00190 e. The average Bonchev–Trinajstić information content (AvgIpc) is 2.11. The zero-order valence-electron chi connectivity index (χ0n) is 9.97. The van der Waals surface area contributed by atoms with E-state index in [1.807, 2.05) is 0 Å². The van der Waals surface area contributed by atoms with Gasteiger partial charge < -0.3 is 4.90 Å². The van der Waals surface area contributed by atoms with E-state index in [-0.39, 0.29) is 0 Å². The number of hydrogen-bond acceptors (Lipinski definition) is 1. The second-order valence-corrected chi connectivity index (χ2v) is 4.27. The lowest BCUT2D eigenvalue weighted by Crippen LogP contribution is -2.23. The Bertz CT molecular complexity index is 95.3. The van der Waals surface area contributed by atoms with Gasteiger partial charge in [0.2, 0.25) is 0 Å². The SMILES string of the molecule is CCN(CC)CCCCCC(C)C. The van der Waals surface area contributed by atoms with Crippen LogP contribution in [0.1, 0.15) is 53.4 Å². The highest BCUT2D eigenvalue weighted by atomic mass is 15.1. The zero-order valence-corrected chi connectivity index (χ0v) is 9.97. The van der Waals surface area contributed by atoms with Crippen LogP contribution in [0.4, 0.5) is 0 Å². The second kappa shape index (κ2) is 8.55. The van der Waals surface area contributed by atoms with E-state index >= 15 is 0 Å².